The number of nitrogens with zero attached hydrogens (tertiary/aromatic N) is 2. The van der Waals surface area contributed by atoms with E-state index in [1.54, 1.807) is 0 Å². The first-order chi connectivity index (χ1) is 15.7. The van der Waals surface area contributed by atoms with Gasteiger partial charge in [0.2, 0.25) is 5.91 Å². The molecule has 3 aromatic carbocycles. The molecule has 0 saturated heterocycles. The maximum absolute atomic E-state index is 14.4. The Bertz CT molecular complexity index is 1240. The summed E-state index contributed by atoms with van der Waals surface area (Å²) in [7, 11) is 0. The fourth-order valence-electron chi connectivity index (χ4n) is 5.00. The Morgan fingerprint density at radius 2 is 1.41 bits per heavy atom. The molecule has 2 heterocycles. The van der Waals surface area contributed by atoms with Crippen LogP contribution in [0.15, 0.2) is 103 Å². The molecule has 3 nitrogen and oxygen atoms in total. The van der Waals surface area contributed by atoms with Crippen molar-refractivity contribution >= 4 is 17.3 Å². The zero-order valence-corrected chi connectivity index (χ0v) is 18.2. The third-order valence-electron chi connectivity index (χ3n) is 6.53. The molecule has 0 bridgehead atoms. The Balaban J connectivity index is 1.71. The second-order valence-electron chi connectivity index (χ2n) is 8.41. The van der Waals surface area contributed by atoms with Gasteiger partial charge in [0.15, 0.2) is 0 Å². The van der Waals surface area contributed by atoms with Gasteiger partial charge in [-0.3, -0.25) is 14.7 Å². The van der Waals surface area contributed by atoms with Gasteiger partial charge >= 0.3 is 0 Å². The SMILES string of the molecule is CCc1ccccc1CC1(Cc2ccncc2)C(=O)N(c2ccccc2)c2ccccc21. The van der Waals surface area contributed by atoms with E-state index in [4.69, 9.17) is 0 Å². The molecule has 0 N–H and O–H groups in total. The normalized spacial score (nSPS) is 17.4. The Labute approximate surface area is 189 Å². The predicted octanol–water partition coefficient (Wildman–Crippen LogP) is 6.05. The van der Waals surface area contributed by atoms with Gasteiger partial charge in [-0.2, -0.15) is 0 Å². The molecule has 1 aliphatic heterocycles. The third-order valence-corrected chi connectivity index (χ3v) is 6.53. The number of fused-ring (bicyclic) bond motifs is 1. The zero-order chi connectivity index (χ0) is 22.0. The number of carbonyl (C=O) groups excluding carboxylic acids is 1. The van der Waals surface area contributed by atoms with Crippen molar-refractivity contribution in [1.82, 2.24) is 4.98 Å². The van der Waals surface area contributed by atoms with Gasteiger partial charge in [-0.05, 0) is 71.8 Å². The van der Waals surface area contributed by atoms with Gasteiger partial charge < -0.3 is 0 Å². The molecule has 0 radical (unpaired) electrons. The summed E-state index contributed by atoms with van der Waals surface area (Å²) in [6.07, 6.45) is 5.86. The Morgan fingerprint density at radius 1 is 0.750 bits per heavy atom. The Kier molecular flexibility index (Phi) is 5.32. The molecular formula is C29H26N2O. The summed E-state index contributed by atoms with van der Waals surface area (Å²) in [5.74, 6) is 0.132. The molecule has 32 heavy (non-hydrogen) atoms. The molecule has 0 aliphatic carbocycles. The largest absolute Gasteiger partial charge is 0.280 e. The predicted molar refractivity (Wildman–Crippen MR) is 129 cm³/mol. The number of pyridine rings is 1. The van der Waals surface area contributed by atoms with Crippen LogP contribution in [-0.4, -0.2) is 10.9 Å². The van der Waals surface area contributed by atoms with E-state index < -0.39 is 5.41 Å². The van der Waals surface area contributed by atoms with Crippen LogP contribution >= 0.6 is 0 Å². The summed E-state index contributed by atoms with van der Waals surface area (Å²) < 4.78 is 0. The van der Waals surface area contributed by atoms with Crippen LogP contribution in [0.4, 0.5) is 11.4 Å². The zero-order valence-electron chi connectivity index (χ0n) is 18.2. The number of aryl methyl sites for hydroxylation is 1. The highest BCUT2D eigenvalue weighted by atomic mass is 16.2. The first kappa shape index (κ1) is 20.2. The van der Waals surface area contributed by atoms with Crippen LogP contribution in [0.2, 0.25) is 0 Å². The lowest BCUT2D eigenvalue weighted by Gasteiger charge is -2.30. The lowest BCUT2D eigenvalue weighted by atomic mass is 9.71. The van der Waals surface area contributed by atoms with E-state index >= 15 is 0 Å². The van der Waals surface area contributed by atoms with Gasteiger partial charge in [-0.15, -0.1) is 0 Å². The number of anilines is 2. The number of rotatable bonds is 6. The van der Waals surface area contributed by atoms with Gasteiger partial charge in [-0.25, -0.2) is 0 Å². The lowest BCUT2D eigenvalue weighted by Crippen LogP contribution is -2.42. The van der Waals surface area contributed by atoms with E-state index in [1.807, 2.05) is 71.9 Å². The molecule has 1 atom stereocenters. The highest BCUT2D eigenvalue weighted by Gasteiger charge is 2.51. The molecule has 1 aliphatic rings. The van der Waals surface area contributed by atoms with E-state index in [9.17, 15) is 4.79 Å². The molecule has 0 saturated carbocycles. The molecule has 1 unspecified atom stereocenters. The number of hydrogen-bond acceptors (Lipinski definition) is 2. The fraction of sp³-hybridized carbons (Fsp3) is 0.172. The Morgan fingerprint density at radius 3 is 2.16 bits per heavy atom. The molecule has 3 heteroatoms. The van der Waals surface area contributed by atoms with Crippen LogP contribution in [0.25, 0.3) is 0 Å². The second-order valence-corrected chi connectivity index (χ2v) is 8.41. The number of hydrogen-bond donors (Lipinski definition) is 0. The van der Waals surface area contributed by atoms with Crippen molar-refractivity contribution in [2.45, 2.75) is 31.6 Å². The summed E-state index contributed by atoms with van der Waals surface area (Å²) in [5, 5.41) is 0. The van der Waals surface area contributed by atoms with Gasteiger partial charge in [0.1, 0.15) is 0 Å². The van der Waals surface area contributed by atoms with E-state index in [-0.39, 0.29) is 5.91 Å². The molecule has 4 aromatic rings. The minimum atomic E-state index is -0.681. The molecule has 158 valence electrons. The van der Waals surface area contributed by atoms with Crippen molar-refractivity contribution in [1.29, 1.82) is 0 Å². The number of aromatic nitrogens is 1. The minimum Gasteiger partial charge on any atom is -0.280 e. The maximum Gasteiger partial charge on any atom is 0.242 e. The minimum absolute atomic E-state index is 0.132. The first-order valence-electron chi connectivity index (χ1n) is 11.2. The molecule has 0 spiro atoms. The smallest absolute Gasteiger partial charge is 0.242 e. The monoisotopic (exact) mass is 418 g/mol. The van der Waals surface area contributed by atoms with Crippen molar-refractivity contribution in [3.8, 4) is 0 Å². The van der Waals surface area contributed by atoms with Crippen LogP contribution in [0.5, 0.6) is 0 Å². The van der Waals surface area contributed by atoms with Gasteiger partial charge in [-0.1, -0.05) is 67.6 Å². The molecule has 5 rings (SSSR count). The van der Waals surface area contributed by atoms with E-state index in [1.165, 1.54) is 11.1 Å². The topological polar surface area (TPSA) is 33.2 Å². The Hall–Kier alpha value is -3.72. The van der Waals surface area contributed by atoms with Crippen LogP contribution in [-0.2, 0) is 29.5 Å². The lowest BCUT2D eigenvalue weighted by molar-refractivity contribution is -0.122. The van der Waals surface area contributed by atoms with Crippen LogP contribution in [0.3, 0.4) is 0 Å². The number of benzene rings is 3. The van der Waals surface area contributed by atoms with Gasteiger partial charge in [0, 0.05) is 18.1 Å². The number of para-hydroxylation sites is 2. The fourth-order valence-corrected chi connectivity index (χ4v) is 5.00. The summed E-state index contributed by atoms with van der Waals surface area (Å²) >= 11 is 0. The molecule has 1 aromatic heterocycles. The number of amides is 1. The average Bonchev–Trinajstić information content (AvgIpc) is 3.08. The third kappa shape index (κ3) is 3.40. The van der Waals surface area contributed by atoms with Crippen molar-refractivity contribution in [2.24, 2.45) is 0 Å². The van der Waals surface area contributed by atoms with Gasteiger partial charge in [0.25, 0.3) is 0 Å². The van der Waals surface area contributed by atoms with Crippen molar-refractivity contribution in [3.63, 3.8) is 0 Å². The highest BCUT2D eigenvalue weighted by Crippen LogP contribution is 2.49. The molecular weight excluding hydrogens is 392 g/mol. The summed E-state index contributed by atoms with van der Waals surface area (Å²) in [6.45, 7) is 2.18. The van der Waals surface area contributed by atoms with E-state index in [0.29, 0.717) is 12.8 Å². The second kappa shape index (κ2) is 8.43. The quantitative estimate of drug-likeness (QED) is 0.382. The summed E-state index contributed by atoms with van der Waals surface area (Å²) in [4.78, 5) is 20.5. The average molecular weight is 419 g/mol. The van der Waals surface area contributed by atoms with Crippen LogP contribution < -0.4 is 4.90 Å². The molecule has 0 fully saturated rings. The van der Waals surface area contributed by atoms with Crippen LogP contribution in [0.1, 0.15) is 29.2 Å². The van der Waals surface area contributed by atoms with Crippen molar-refractivity contribution in [2.75, 3.05) is 4.90 Å². The summed E-state index contributed by atoms with van der Waals surface area (Å²) in [5.41, 5.74) is 5.95. The first-order valence-corrected chi connectivity index (χ1v) is 11.2. The summed E-state index contributed by atoms with van der Waals surface area (Å²) in [6, 6.07) is 30.8. The maximum atomic E-state index is 14.4. The van der Waals surface area contributed by atoms with E-state index in [0.717, 1.165) is 28.9 Å². The van der Waals surface area contributed by atoms with E-state index in [2.05, 4.69) is 48.3 Å². The van der Waals surface area contributed by atoms with Crippen LogP contribution in [0, 0.1) is 0 Å². The highest BCUT2D eigenvalue weighted by molar-refractivity contribution is 6.13. The molecule has 1 amide bonds. The van der Waals surface area contributed by atoms with Crippen molar-refractivity contribution < 1.29 is 4.79 Å². The van der Waals surface area contributed by atoms with Gasteiger partial charge in [0.05, 0.1) is 11.1 Å². The number of carbonyl (C=O) groups is 1. The van der Waals surface area contributed by atoms with Crippen molar-refractivity contribution in [3.05, 3.63) is 126 Å². The standard InChI is InChI=1S/C29H26N2O/c1-2-23-10-6-7-11-24(23)21-29(20-22-16-18-30-19-17-22)26-14-8-9-15-27(26)31(28(29)32)25-12-4-3-5-13-25/h3-19H,2,20-21H2,1H3.